The number of hydrogen-bond donors (Lipinski definition) is 3. The van der Waals surface area contributed by atoms with Crippen LogP contribution in [0, 0.1) is 0 Å². The van der Waals surface area contributed by atoms with E-state index in [4.69, 9.17) is 4.99 Å². The van der Waals surface area contributed by atoms with Gasteiger partial charge in [-0.1, -0.05) is 12.1 Å². The van der Waals surface area contributed by atoms with Gasteiger partial charge in [0.15, 0.2) is 5.96 Å². The third kappa shape index (κ3) is 6.81. The summed E-state index contributed by atoms with van der Waals surface area (Å²) >= 11 is 0. The van der Waals surface area contributed by atoms with Gasteiger partial charge in [-0.15, -0.1) is 24.0 Å². The topological polar surface area (TPSA) is 77.0 Å². The maximum Gasteiger partial charge on any atom is 0.251 e. The maximum absolute atomic E-state index is 11.7. The molecular formula is C18H29IN4O2. The summed E-state index contributed by atoms with van der Waals surface area (Å²) in [6.07, 6.45) is 2.18. The number of likely N-dealkylation sites (tertiary alicyclic amines) is 1. The van der Waals surface area contributed by atoms with E-state index in [9.17, 15) is 9.90 Å². The third-order valence-corrected chi connectivity index (χ3v) is 4.18. The predicted molar refractivity (Wildman–Crippen MR) is 112 cm³/mol. The van der Waals surface area contributed by atoms with Gasteiger partial charge in [-0.3, -0.25) is 9.79 Å². The van der Waals surface area contributed by atoms with Gasteiger partial charge in [0.05, 0.1) is 6.10 Å². The van der Waals surface area contributed by atoms with E-state index >= 15 is 0 Å². The van der Waals surface area contributed by atoms with E-state index in [-0.39, 0.29) is 36.0 Å². The molecule has 0 atom stereocenters. The molecule has 6 nitrogen and oxygen atoms in total. The Hall–Kier alpha value is -1.35. The number of amides is 1. The SMILES string of the molecule is CCNC(=NCCc1cccc(C(=O)NC)c1)N1CCC(O)CC1.I. The number of hydrogen-bond acceptors (Lipinski definition) is 3. The van der Waals surface area contributed by atoms with Crippen LogP contribution in [-0.4, -0.2) is 61.2 Å². The number of nitrogens with zero attached hydrogens (tertiary/aromatic N) is 2. The molecule has 140 valence electrons. The predicted octanol–water partition coefficient (Wildman–Crippen LogP) is 1.63. The van der Waals surface area contributed by atoms with Gasteiger partial charge < -0.3 is 20.6 Å². The number of nitrogens with one attached hydrogen (secondary N) is 2. The van der Waals surface area contributed by atoms with Crippen molar-refractivity contribution < 1.29 is 9.90 Å². The average molecular weight is 460 g/mol. The van der Waals surface area contributed by atoms with Gasteiger partial charge in [-0.25, -0.2) is 0 Å². The van der Waals surface area contributed by atoms with Crippen molar-refractivity contribution in [2.45, 2.75) is 32.3 Å². The van der Waals surface area contributed by atoms with Gasteiger partial charge in [0.1, 0.15) is 0 Å². The smallest absolute Gasteiger partial charge is 0.251 e. The Labute approximate surface area is 167 Å². The number of halogens is 1. The van der Waals surface area contributed by atoms with E-state index in [1.165, 1.54) is 0 Å². The van der Waals surface area contributed by atoms with Crippen molar-refractivity contribution in [2.75, 3.05) is 33.2 Å². The van der Waals surface area contributed by atoms with Crippen LogP contribution in [0.25, 0.3) is 0 Å². The van der Waals surface area contributed by atoms with E-state index in [0.717, 1.165) is 50.4 Å². The highest BCUT2D eigenvalue weighted by Gasteiger charge is 2.19. The lowest BCUT2D eigenvalue weighted by Crippen LogP contribution is -2.46. The molecule has 1 aromatic carbocycles. The fourth-order valence-electron chi connectivity index (χ4n) is 2.81. The molecule has 0 radical (unpaired) electrons. The maximum atomic E-state index is 11.7. The van der Waals surface area contributed by atoms with Gasteiger partial charge >= 0.3 is 0 Å². The molecule has 7 heteroatoms. The molecule has 1 fully saturated rings. The number of rotatable bonds is 5. The lowest BCUT2D eigenvalue weighted by atomic mass is 10.1. The van der Waals surface area contributed by atoms with E-state index in [0.29, 0.717) is 12.1 Å². The van der Waals surface area contributed by atoms with Gasteiger partial charge in [0, 0.05) is 38.8 Å². The third-order valence-electron chi connectivity index (χ3n) is 4.18. The molecular weight excluding hydrogens is 431 g/mol. The van der Waals surface area contributed by atoms with Crippen molar-refractivity contribution in [3.05, 3.63) is 35.4 Å². The Morgan fingerprint density at radius 2 is 2.08 bits per heavy atom. The monoisotopic (exact) mass is 460 g/mol. The highest BCUT2D eigenvalue weighted by Crippen LogP contribution is 2.10. The fourth-order valence-corrected chi connectivity index (χ4v) is 2.81. The minimum atomic E-state index is -0.184. The van der Waals surface area contributed by atoms with Gasteiger partial charge in [0.25, 0.3) is 5.91 Å². The van der Waals surface area contributed by atoms with Crippen molar-refractivity contribution in [1.82, 2.24) is 15.5 Å². The van der Waals surface area contributed by atoms with Gasteiger partial charge in [-0.2, -0.15) is 0 Å². The fraction of sp³-hybridized carbons (Fsp3) is 0.556. The first-order valence-corrected chi connectivity index (χ1v) is 8.66. The first-order chi connectivity index (χ1) is 11.6. The molecule has 1 amide bonds. The second-order valence-corrected chi connectivity index (χ2v) is 5.98. The molecule has 0 bridgehead atoms. The second kappa shape index (κ2) is 11.3. The van der Waals surface area contributed by atoms with Gasteiger partial charge in [-0.05, 0) is 43.9 Å². The number of carbonyl (C=O) groups is 1. The minimum Gasteiger partial charge on any atom is -0.393 e. The van der Waals surface area contributed by atoms with Crippen LogP contribution in [0.5, 0.6) is 0 Å². The second-order valence-electron chi connectivity index (χ2n) is 5.98. The summed E-state index contributed by atoms with van der Waals surface area (Å²) in [5.74, 6) is 0.840. The molecule has 1 heterocycles. The molecule has 1 saturated heterocycles. The molecule has 0 aliphatic carbocycles. The summed E-state index contributed by atoms with van der Waals surface area (Å²) in [6, 6.07) is 7.65. The van der Waals surface area contributed by atoms with Crippen molar-refractivity contribution in [2.24, 2.45) is 4.99 Å². The Morgan fingerprint density at radius 3 is 2.72 bits per heavy atom. The summed E-state index contributed by atoms with van der Waals surface area (Å²) < 4.78 is 0. The Bertz CT molecular complexity index is 572. The molecule has 1 aliphatic heterocycles. The molecule has 0 spiro atoms. The first kappa shape index (κ1) is 21.7. The van der Waals surface area contributed by atoms with Crippen molar-refractivity contribution in [3.8, 4) is 0 Å². The highest BCUT2D eigenvalue weighted by atomic mass is 127. The quantitative estimate of drug-likeness (QED) is 0.355. The zero-order valence-electron chi connectivity index (χ0n) is 15.0. The summed E-state index contributed by atoms with van der Waals surface area (Å²) in [5.41, 5.74) is 1.78. The number of aliphatic imine (C=N–C) groups is 1. The van der Waals surface area contributed by atoms with E-state index in [1.807, 2.05) is 24.3 Å². The van der Waals surface area contributed by atoms with Crippen LogP contribution in [-0.2, 0) is 6.42 Å². The molecule has 2 rings (SSSR count). The van der Waals surface area contributed by atoms with Crippen molar-refractivity contribution in [1.29, 1.82) is 0 Å². The van der Waals surface area contributed by atoms with E-state index in [2.05, 4.69) is 22.5 Å². The van der Waals surface area contributed by atoms with Crippen LogP contribution in [0.4, 0.5) is 0 Å². The van der Waals surface area contributed by atoms with Gasteiger partial charge in [0.2, 0.25) is 0 Å². The number of guanidine groups is 1. The van der Waals surface area contributed by atoms with E-state index < -0.39 is 0 Å². The summed E-state index contributed by atoms with van der Waals surface area (Å²) in [7, 11) is 1.64. The van der Waals surface area contributed by atoms with Crippen LogP contribution in [0.2, 0.25) is 0 Å². The van der Waals surface area contributed by atoms with Crippen LogP contribution in [0.3, 0.4) is 0 Å². The van der Waals surface area contributed by atoms with Crippen molar-refractivity contribution >= 4 is 35.8 Å². The summed E-state index contributed by atoms with van der Waals surface area (Å²) in [4.78, 5) is 18.6. The lowest BCUT2D eigenvalue weighted by molar-refractivity contribution is 0.0962. The van der Waals surface area contributed by atoms with Crippen LogP contribution >= 0.6 is 24.0 Å². The molecule has 1 aliphatic rings. The van der Waals surface area contributed by atoms with E-state index in [1.54, 1.807) is 7.05 Å². The summed E-state index contributed by atoms with van der Waals surface area (Å²) in [6.45, 7) is 5.21. The number of benzene rings is 1. The summed E-state index contributed by atoms with van der Waals surface area (Å²) in [5, 5.41) is 15.6. The number of aliphatic hydroxyl groups excluding tert-OH is 1. The zero-order valence-corrected chi connectivity index (χ0v) is 17.3. The molecule has 0 saturated carbocycles. The lowest BCUT2D eigenvalue weighted by Gasteiger charge is -2.32. The minimum absolute atomic E-state index is 0. The Kier molecular flexibility index (Phi) is 9.81. The van der Waals surface area contributed by atoms with Crippen molar-refractivity contribution in [3.63, 3.8) is 0 Å². The Morgan fingerprint density at radius 1 is 1.36 bits per heavy atom. The van der Waals surface area contributed by atoms with Crippen LogP contribution < -0.4 is 10.6 Å². The molecule has 1 aromatic rings. The normalized spacial score (nSPS) is 15.5. The molecule has 0 aromatic heterocycles. The standard InChI is InChI=1S/C18H28N4O2.HI/c1-3-20-18(22-11-8-16(23)9-12-22)21-10-7-14-5-4-6-15(13-14)17(24)19-2;/h4-6,13,16,23H,3,7-12H2,1-2H3,(H,19,24)(H,20,21);1H. The highest BCUT2D eigenvalue weighted by molar-refractivity contribution is 14.0. The van der Waals surface area contributed by atoms with Crippen LogP contribution in [0.1, 0.15) is 35.7 Å². The number of carbonyl (C=O) groups excluding carboxylic acids is 1. The molecule has 0 unspecified atom stereocenters. The average Bonchev–Trinajstić information content (AvgIpc) is 2.61. The largest absolute Gasteiger partial charge is 0.393 e. The number of piperidine rings is 1. The number of aliphatic hydroxyl groups is 1. The van der Waals surface area contributed by atoms with Crippen LogP contribution in [0.15, 0.2) is 29.3 Å². The molecule has 3 N–H and O–H groups in total. The molecule has 25 heavy (non-hydrogen) atoms. The Balaban J connectivity index is 0.00000312. The zero-order chi connectivity index (χ0) is 17.4. The first-order valence-electron chi connectivity index (χ1n) is 8.66.